The summed E-state index contributed by atoms with van der Waals surface area (Å²) in [5.41, 5.74) is -0.414. The molecule has 0 saturated heterocycles. The highest BCUT2D eigenvalue weighted by molar-refractivity contribution is 5.89. The number of aliphatic hydroxyl groups excluding tert-OH is 1. The fourth-order valence-corrected chi connectivity index (χ4v) is 1.47. The number of rotatable bonds is 4. The molecule has 0 bridgehead atoms. The van der Waals surface area contributed by atoms with Crippen LogP contribution in [0.1, 0.15) is 0 Å². The Morgan fingerprint density at radius 2 is 2.16 bits per heavy atom. The fraction of sp³-hybridized carbons (Fsp3) is 0.300. The lowest BCUT2D eigenvalue weighted by molar-refractivity contribution is -0.384. The van der Waals surface area contributed by atoms with E-state index in [1.807, 2.05) is 0 Å². The first kappa shape index (κ1) is 12.9. The number of nitro groups is 1. The molecule has 2 N–H and O–H groups in total. The van der Waals surface area contributed by atoms with E-state index in [2.05, 4.69) is 10.1 Å². The minimum absolute atomic E-state index is 0.0368. The Hall–Kier alpha value is -2.55. The van der Waals surface area contributed by atoms with Gasteiger partial charge in [0, 0.05) is 6.07 Å². The van der Waals surface area contributed by atoms with Crippen LogP contribution in [-0.4, -0.2) is 36.1 Å². The number of ether oxygens (including phenoxy) is 3. The number of carbonyl (C=O) groups excluding carboxylic acids is 1. The summed E-state index contributed by atoms with van der Waals surface area (Å²) < 4.78 is 14.6. The van der Waals surface area contributed by atoms with Crippen LogP contribution in [0.4, 0.5) is 16.2 Å². The summed E-state index contributed by atoms with van der Waals surface area (Å²) in [7, 11) is 0. The van der Waals surface area contributed by atoms with Crippen LogP contribution in [0.2, 0.25) is 0 Å². The molecule has 1 aromatic carbocycles. The molecule has 0 aromatic heterocycles. The lowest BCUT2D eigenvalue weighted by Gasteiger charge is -2.07. The van der Waals surface area contributed by atoms with Crippen molar-refractivity contribution in [2.45, 2.75) is 0 Å². The van der Waals surface area contributed by atoms with Gasteiger partial charge in [0.1, 0.15) is 12.3 Å². The molecule has 9 heteroatoms. The third-order valence-electron chi connectivity index (χ3n) is 2.25. The number of carbonyl (C=O) groups is 1. The van der Waals surface area contributed by atoms with E-state index in [9.17, 15) is 14.9 Å². The lowest BCUT2D eigenvalue weighted by Crippen LogP contribution is -2.16. The lowest BCUT2D eigenvalue weighted by atomic mass is 10.2. The van der Waals surface area contributed by atoms with E-state index in [0.717, 1.165) is 6.07 Å². The summed E-state index contributed by atoms with van der Waals surface area (Å²) in [5.74, 6) is 0.532. The van der Waals surface area contributed by atoms with E-state index < -0.39 is 11.0 Å². The van der Waals surface area contributed by atoms with Crippen LogP contribution in [0.3, 0.4) is 0 Å². The molecule has 0 fully saturated rings. The molecule has 102 valence electrons. The van der Waals surface area contributed by atoms with Gasteiger partial charge in [-0.05, 0) is 0 Å². The van der Waals surface area contributed by atoms with Gasteiger partial charge in [-0.3, -0.25) is 15.4 Å². The summed E-state index contributed by atoms with van der Waals surface area (Å²) in [6.45, 7) is -0.578. The number of nitrogens with one attached hydrogen (secondary N) is 1. The molecule has 1 heterocycles. The second-order valence-electron chi connectivity index (χ2n) is 3.46. The molecule has 0 aliphatic carbocycles. The topological polar surface area (TPSA) is 120 Å². The normalized spacial score (nSPS) is 12.1. The second-order valence-corrected chi connectivity index (χ2v) is 3.46. The van der Waals surface area contributed by atoms with Gasteiger partial charge in [0.2, 0.25) is 6.79 Å². The molecule has 0 atom stereocenters. The number of benzene rings is 1. The monoisotopic (exact) mass is 270 g/mol. The largest absolute Gasteiger partial charge is 0.454 e. The molecule has 0 saturated carbocycles. The molecule has 19 heavy (non-hydrogen) atoms. The molecular formula is C10H10N2O7. The number of aliphatic hydroxyl groups is 1. The van der Waals surface area contributed by atoms with E-state index in [4.69, 9.17) is 14.6 Å². The van der Waals surface area contributed by atoms with Gasteiger partial charge in [-0.15, -0.1) is 0 Å². The summed E-state index contributed by atoms with van der Waals surface area (Å²) in [4.78, 5) is 21.5. The van der Waals surface area contributed by atoms with Gasteiger partial charge < -0.3 is 19.3 Å². The third-order valence-corrected chi connectivity index (χ3v) is 2.25. The number of fused-ring (bicyclic) bond motifs is 1. The van der Waals surface area contributed by atoms with Crippen molar-refractivity contribution < 1.29 is 29.0 Å². The maximum atomic E-state index is 11.3. The van der Waals surface area contributed by atoms with Crippen molar-refractivity contribution in [1.82, 2.24) is 0 Å². The number of amides is 1. The minimum Gasteiger partial charge on any atom is -0.454 e. The zero-order valence-electron chi connectivity index (χ0n) is 9.62. The smallest absolute Gasteiger partial charge is 0.411 e. The van der Waals surface area contributed by atoms with Crippen LogP contribution in [0.15, 0.2) is 12.1 Å². The van der Waals surface area contributed by atoms with E-state index in [0.29, 0.717) is 5.75 Å². The average Bonchev–Trinajstić information content (AvgIpc) is 2.82. The van der Waals surface area contributed by atoms with Gasteiger partial charge in [0.25, 0.3) is 5.69 Å². The molecule has 0 unspecified atom stereocenters. The molecule has 1 amide bonds. The summed E-state index contributed by atoms with van der Waals surface area (Å²) in [6, 6.07) is 2.44. The predicted octanol–water partition coefficient (Wildman–Crippen LogP) is 0.864. The molecule has 1 aromatic rings. The van der Waals surface area contributed by atoms with E-state index >= 15 is 0 Å². The number of hydrogen-bond donors (Lipinski definition) is 2. The minimum atomic E-state index is -0.906. The maximum Gasteiger partial charge on any atom is 0.411 e. The quantitative estimate of drug-likeness (QED) is 0.614. The van der Waals surface area contributed by atoms with Crippen molar-refractivity contribution in [1.29, 1.82) is 0 Å². The first-order valence-corrected chi connectivity index (χ1v) is 5.24. The van der Waals surface area contributed by atoms with Crippen LogP contribution in [0.5, 0.6) is 11.5 Å². The van der Waals surface area contributed by atoms with E-state index in [1.54, 1.807) is 0 Å². The van der Waals surface area contributed by atoms with Gasteiger partial charge >= 0.3 is 6.09 Å². The Labute approximate surface area is 106 Å². The number of nitro benzene ring substituents is 1. The highest BCUT2D eigenvalue weighted by atomic mass is 16.7. The Bertz CT molecular complexity index is 517. The highest BCUT2D eigenvalue weighted by Crippen LogP contribution is 2.40. The van der Waals surface area contributed by atoms with Crippen LogP contribution in [-0.2, 0) is 4.74 Å². The first-order chi connectivity index (χ1) is 9.11. The number of nitrogens with zero attached hydrogens (tertiary/aromatic N) is 1. The fourth-order valence-electron chi connectivity index (χ4n) is 1.47. The SMILES string of the molecule is O=C(Nc1cc2c(cc1[N+](=O)[O-])OCO2)OCCO. The number of anilines is 1. The molecule has 1 aliphatic heterocycles. The van der Waals surface area contributed by atoms with Gasteiger partial charge in [-0.2, -0.15) is 0 Å². The van der Waals surface area contributed by atoms with Crippen LogP contribution < -0.4 is 14.8 Å². The molecule has 9 nitrogen and oxygen atoms in total. The van der Waals surface area contributed by atoms with Crippen LogP contribution in [0, 0.1) is 10.1 Å². The predicted molar refractivity (Wildman–Crippen MR) is 61.3 cm³/mol. The van der Waals surface area contributed by atoms with Gasteiger partial charge in [0.05, 0.1) is 17.6 Å². The van der Waals surface area contributed by atoms with E-state index in [-0.39, 0.29) is 37.1 Å². The highest BCUT2D eigenvalue weighted by Gasteiger charge is 2.24. The third kappa shape index (κ3) is 2.83. The Morgan fingerprint density at radius 1 is 1.47 bits per heavy atom. The summed E-state index contributed by atoms with van der Waals surface area (Å²) >= 11 is 0. The van der Waals surface area contributed by atoms with Crippen molar-refractivity contribution in [2.24, 2.45) is 0 Å². The molecule has 0 spiro atoms. The Kier molecular flexibility index (Phi) is 3.66. The first-order valence-electron chi connectivity index (χ1n) is 5.24. The average molecular weight is 270 g/mol. The standard InChI is InChI=1S/C10H10N2O7/c13-1-2-17-10(14)11-6-3-8-9(19-5-18-8)4-7(6)12(15)16/h3-4,13H,1-2,5H2,(H,11,14). The van der Waals surface area contributed by atoms with Crippen molar-refractivity contribution in [3.8, 4) is 11.5 Å². The maximum absolute atomic E-state index is 11.3. The van der Waals surface area contributed by atoms with E-state index in [1.165, 1.54) is 6.07 Å². The van der Waals surface area contributed by atoms with Gasteiger partial charge in [-0.25, -0.2) is 4.79 Å². The Balaban J connectivity index is 2.23. The van der Waals surface area contributed by atoms with Crippen molar-refractivity contribution in [3.63, 3.8) is 0 Å². The molecular weight excluding hydrogens is 260 g/mol. The van der Waals surface area contributed by atoms with Crippen molar-refractivity contribution in [2.75, 3.05) is 25.3 Å². The van der Waals surface area contributed by atoms with Crippen molar-refractivity contribution >= 4 is 17.5 Å². The van der Waals surface area contributed by atoms with Crippen LogP contribution in [0.25, 0.3) is 0 Å². The second kappa shape index (κ2) is 5.40. The van der Waals surface area contributed by atoms with Crippen molar-refractivity contribution in [3.05, 3.63) is 22.2 Å². The molecule has 1 aliphatic rings. The zero-order chi connectivity index (χ0) is 13.8. The van der Waals surface area contributed by atoms with Gasteiger partial charge in [-0.1, -0.05) is 0 Å². The van der Waals surface area contributed by atoms with Crippen LogP contribution >= 0.6 is 0 Å². The number of hydrogen-bond acceptors (Lipinski definition) is 7. The summed E-state index contributed by atoms with van der Waals surface area (Å²) in [6.07, 6.45) is -0.906. The molecule has 0 radical (unpaired) electrons. The Morgan fingerprint density at radius 3 is 2.79 bits per heavy atom. The summed E-state index contributed by atoms with van der Waals surface area (Å²) in [5, 5.41) is 21.6. The zero-order valence-corrected chi connectivity index (χ0v) is 9.62. The molecule has 2 rings (SSSR count). The van der Waals surface area contributed by atoms with Gasteiger partial charge in [0.15, 0.2) is 11.5 Å².